The van der Waals surface area contributed by atoms with E-state index in [-0.39, 0.29) is 0 Å². The molecule has 1 N–H and O–H groups in total. The zero-order valence-electron chi connectivity index (χ0n) is 10.0. The van der Waals surface area contributed by atoms with Gasteiger partial charge in [-0.1, -0.05) is 0 Å². The first-order valence-corrected chi connectivity index (χ1v) is 7.94. The van der Waals surface area contributed by atoms with Crippen molar-refractivity contribution in [1.29, 1.82) is 0 Å². The van der Waals surface area contributed by atoms with Gasteiger partial charge in [0.05, 0.1) is 8.95 Å². The lowest BCUT2D eigenvalue weighted by atomic mass is 10.2. The predicted octanol–water partition coefficient (Wildman–Crippen LogP) is 4.34. The largest absolute Gasteiger partial charge is 0.484 e. The number of ether oxygens (including phenoxy) is 1. The summed E-state index contributed by atoms with van der Waals surface area (Å²) in [5.41, 5.74) is 0.757. The van der Waals surface area contributed by atoms with Crippen LogP contribution in [0.2, 0.25) is 0 Å². The molecule has 0 bridgehead atoms. The Bertz CT molecular complexity index is 618. The minimum atomic E-state index is -0.985. The molecule has 0 unspecified atom stereocenters. The quantitative estimate of drug-likeness (QED) is 0.733. The number of carboxylic acid groups (broad SMARTS) is 1. The first kappa shape index (κ1) is 15.2. The molecule has 0 aliphatic heterocycles. The number of thiazole rings is 1. The second kappa shape index (κ2) is 7.01. The highest BCUT2D eigenvalue weighted by Gasteiger charge is 2.09. The van der Waals surface area contributed by atoms with E-state index in [4.69, 9.17) is 9.84 Å². The highest BCUT2D eigenvalue weighted by atomic mass is 79.9. The number of halogens is 2. The fraction of sp³-hybridized carbons (Fsp3) is 0.0769. The molecule has 20 heavy (non-hydrogen) atoms. The number of aliphatic carboxylic acids is 1. The third-order valence-electron chi connectivity index (χ3n) is 2.26. The molecule has 2 rings (SSSR count). The van der Waals surface area contributed by atoms with Gasteiger partial charge in [-0.25, -0.2) is 9.78 Å². The van der Waals surface area contributed by atoms with E-state index in [1.165, 1.54) is 17.4 Å². The smallest absolute Gasteiger partial charge is 0.328 e. The molecule has 0 radical (unpaired) electrons. The molecule has 1 heterocycles. The number of carbonyl (C=O) groups is 1. The van der Waals surface area contributed by atoms with Crippen molar-refractivity contribution in [2.24, 2.45) is 0 Å². The zero-order chi connectivity index (χ0) is 14.5. The fourth-order valence-corrected chi connectivity index (χ4v) is 3.42. The summed E-state index contributed by atoms with van der Waals surface area (Å²) < 4.78 is 7.19. The molecule has 104 valence electrons. The van der Waals surface area contributed by atoms with Crippen molar-refractivity contribution in [1.82, 2.24) is 4.98 Å². The Balaban J connectivity index is 2.16. The van der Waals surface area contributed by atoms with Crippen LogP contribution in [0.1, 0.15) is 10.6 Å². The van der Waals surface area contributed by atoms with Crippen molar-refractivity contribution in [2.45, 2.75) is 6.61 Å². The number of carboxylic acids is 1. The molecule has 2 aromatic rings. The van der Waals surface area contributed by atoms with Crippen molar-refractivity contribution in [3.8, 4) is 5.75 Å². The molecule has 1 aromatic carbocycles. The van der Waals surface area contributed by atoms with E-state index >= 15 is 0 Å². The van der Waals surface area contributed by atoms with Crippen molar-refractivity contribution < 1.29 is 14.6 Å². The van der Waals surface area contributed by atoms with Crippen molar-refractivity contribution >= 4 is 55.2 Å². The van der Waals surface area contributed by atoms with Gasteiger partial charge >= 0.3 is 5.97 Å². The average molecular weight is 419 g/mol. The topological polar surface area (TPSA) is 59.4 Å². The standard InChI is InChI=1S/C13H9Br2NO3S/c14-9-5-8(1-2-12(17)18)6-10(15)13(9)19-7-11-16-3-4-20-11/h1-6H,7H2,(H,17,18)/b2-1+. The van der Waals surface area contributed by atoms with Crippen LogP contribution in [-0.4, -0.2) is 16.1 Å². The Morgan fingerprint density at radius 3 is 2.65 bits per heavy atom. The second-order valence-electron chi connectivity index (χ2n) is 3.70. The van der Waals surface area contributed by atoms with Crippen LogP contribution in [0, 0.1) is 0 Å². The summed E-state index contributed by atoms with van der Waals surface area (Å²) >= 11 is 8.36. The zero-order valence-corrected chi connectivity index (χ0v) is 14.0. The van der Waals surface area contributed by atoms with Crippen LogP contribution in [0.3, 0.4) is 0 Å². The van der Waals surface area contributed by atoms with Crippen LogP contribution in [0.15, 0.2) is 38.7 Å². The summed E-state index contributed by atoms with van der Waals surface area (Å²) in [5.74, 6) is -0.325. The van der Waals surface area contributed by atoms with E-state index in [2.05, 4.69) is 36.8 Å². The molecule has 7 heteroatoms. The third-order valence-corrected chi connectivity index (χ3v) is 4.19. The maximum absolute atomic E-state index is 10.5. The van der Waals surface area contributed by atoms with E-state index in [1.807, 2.05) is 5.38 Å². The molecular formula is C13H9Br2NO3S. The Hall–Kier alpha value is -1.18. The lowest BCUT2D eigenvalue weighted by Crippen LogP contribution is -1.96. The van der Waals surface area contributed by atoms with Crippen molar-refractivity contribution in [3.05, 3.63) is 49.3 Å². The Morgan fingerprint density at radius 2 is 2.10 bits per heavy atom. The predicted molar refractivity (Wildman–Crippen MR) is 85.0 cm³/mol. The van der Waals surface area contributed by atoms with Crippen molar-refractivity contribution in [2.75, 3.05) is 0 Å². The first-order valence-electron chi connectivity index (χ1n) is 5.47. The summed E-state index contributed by atoms with van der Waals surface area (Å²) in [5, 5.41) is 11.4. The maximum atomic E-state index is 10.5. The minimum absolute atomic E-state index is 0.388. The number of benzene rings is 1. The van der Waals surface area contributed by atoms with Crippen LogP contribution in [0.25, 0.3) is 6.08 Å². The Morgan fingerprint density at radius 1 is 1.40 bits per heavy atom. The van der Waals surface area contributed by atoms with Gasteiger partial charge in [-0.05, 0) is 55.6 Å². The lowest BCUT2D eigenvalue weighted by Gasteiger charge is -2.10. The van der Waals surface area contributed by atoms with Crippen LogP contribution in [-0.2, 0) is 11.4 Å². The van der Waals surface area contributed by atoms with Crippen molar-refractivity contribution in [3.63, 3.8) is 0 Å². The molecule has 1 aromatic heterocycles. The number of nitrogens with zero attached hydrogens (tertiary/aromatic N) is 1. The molecule has 4 nitrogen and oxygen atoms in total. The van der Waals surface area contributed by atoms with Crippen LogP contribution in [0.4, 0.5) is 0 Å². The van der Waals surface area contributed by atoms with E-state index in [1.54, 1.807) is 18.3 Å². The van der Waals surface area contributed by atoms with Gasteiger partial charge in [0.2, 0.25) is 0 Å². The third kappa shape index (κ3) is 4.16. The molecule has 0 saturated heterocycles. The van der Waals surface area contributed by atoms with Gasteiger partial charge in [0.1, 0.15) is 17.4 Å². The summed E-state index contributed by atoms with van der Waals surface area (Å²) in [6, 6.07) is 3.59. The van der Waals surface area contributed by atoms with Gasteiger partial charge in [0, 0.05) is 17.7 Å². The van der Waals surface area contributed by atoms with E-state index in [0.717, 1.165) is 25.6 Å². The number of rotatable bonds is 5. The summed E-state index contributed by atoms with van der Waals surface area (Å²) in [7, 11) is 0. The lowest BCUT2D eigenvalue weighted by molar-refractivity contribution is -0.131. The SMILES string of the molecule is O=C(O)/C=C/c1cc(Br)c(OCc2nccs2)c(Br)c1. The van der Waals surface area contributed by atoms with Gasteiger partial charge in [-0.3, -0.25) is 0 Å². The highest BCUT2D eigenvalue weighted by molar-refractivity contribution is 9.11. The highest BCUT2D eigenvalue weighted by Crippen LogP contribution is 2.35. The van der Waals surface area contributed by atoms with Crippen LogP contribution < -0.4 is 4.74 Å². The molecule has 0 aliphatic carbocycles. The Labute approximate surface area is 136 Å². The van der Waals surface area contributed by atoms with Gasteiger partial charge in [-0.2, -0.15) is 0 Å². The van der Waals surface area contributed by atoms with Gasteiger partial charge in [-0.15, -0.1) is 11.3 Å². The summed E-state index contributed by atoms with van der Waals surface area (Å²) in [4.78, 5) is 14.6. The Kier molecular flexibility index (Phi) is 5.33. The molecule has 0 saturated carbocycles. The normalized spacial score (nSPS) is 10.9. The van der Waals surface area contributed by atoms with E-state index in [0.29, 0.717) is 12.4 Å². The summed E-state index contributed by atoms with van der Waals surface area (Å²) in [6.45, 7) is 0.388. The first-order chi connectivity index (χ1) is 9.56. The van der Waals surface area contributed by atoms with Gasteiger partial charge in [0.25, 0.3) is 0 Å². The average Bonchev–Trinajstić information content (AvgIpc) is 2.88. The molecule has 0 amide bonds. The number of hydrogen-bond donors (Lipinski definition) is 1. The van der Waals surface area contributed by atoms with Crippen LogP contribution in [0.5, 0.6) is 5.75 Å². The summed E-state index contributed by atoms with van der Waals surface area (Å²) in [6.07, 6.45) is 4.33. The number of hydrogen-bond acceptors (Lipinski definition) is 4. The monoisotopic (exact) mass is 417 g/mol. The molecule has 0 atom stereocenters. The second-order valence-corrected chi connectivity index (χ2v) is 6.39. The maximum Gasteiger partial charge on any atom is 0.328 e. The molecular weight excluding hydrogens is 410 g/mol. The fourth-order valence-electron chi connectivity index (χ4n) is 1.44. The van der Waals surface area contributed by atoms with E-state index in [9.17, 15) is 4.79 Å². The number of aromatic nitrogens is 1. The molecule has 0 aliphatic rings. The van der Waals surface area contributed by atoms with Gasteiger partial charge in [0.15, 0.2) is 0 Å². The minimum Gasteiger partial charge on any atom is -0.484 e. The van der Waals surface area contributed by atoms with E-state index < -0.39 is 5.97 Å². The van der Waals surface area contributed by atoms with Gasteiger partial charge < -0.3 is 9.84 Å². The molecule has 0 fully saturated rings. The van der Waals surface area contributed by atoms with Crippen LogP contribution >= 0.6 is 43.2 Å². The molecule has 0 spiro atoms.